The van der Waals surface area contributed by atoms with Crippen LogP contribution in [0.5, 0.6) is 5.75 Å². The number of nitrogens with zero attached hydrogens (tertiary/aromatic N) is 1. The first-order chi connectivity index (χ1) is 10.2. The SMILES string of the molecule is CCC(C)N(CC(O)COc1cccc2[nH]ccc12)SC. The summed E-state index contributed by atoms with van der Waals surface area (Å²) in [6, 6.07) is 8.34. The number of aliphatic hydroxyl groups excluding tert-OH is 1. The van der Waals surface area contributed by atoms with Crippen molar-refractivity contribution in [1.29, 1.82) is 0 Å². The average Bonchev–Trinajstić information content (AvgIpc) is 2.98. The lowest BCUT2D eigenvalue weighted by Crippen LogP contribution is -2.36. The Morgan fingerprint density at radius 3 is 2.90 bits per heavy atom. The normalized spacial score (nSPS) is 14.5. The Labute approximate surface area is 130 Å². The number of rotatable bonds is 8. The Bertz CT molecular complexity index is 558. The van der Waals surface area contributed by atoms with E-state index in [-0.39, 0.29) is 0 Å². The van der Waals surface area contributed by atoms with Gasteiger partial charge in [0.25, 0.3) is 0 Å². The fourth-order valence-corrected chi connectivity index (χ4v) is 3.10. The van der Waals surface area contributed by atoms with Crippen LogP contribution in [0, 0.1) is 0 Å². The number of H-pyrrole nitrogens is 1. The van der Waals surface area contributed by atoms with Gasteiger partial charge < -0.3 is 14.8 Å². The zero-order valence-corrected chi connectivity index (χ0v) is 13.7. The van der Waals surface area contributed by atoms with Crippen LogP contribution < -0.4 is 4.74 Å². The van der Waals surface area contributed by atoms with E-state index in [1.165, 1.54) is 0 Å². The number of aromatic amines is 1. The molecule has 0 fully saturated rings. The maximum absolute atomic E-state index is 10.2. The van der Waals surface area contributed by atoms with Crippen molar-refractivity contribution in [2.75, 3.05) is 19.4 Å². The van der Waals surface area contributed by atoms with Crippen molar-refractivity contribution in [3.8, 4) is 5.75 Å². The summed E-state index contributed by atoms with van der Waals surface area (Å²) in [6.07, 6.45) is 4.50. The molecular formula is C16H24N2O2S. The molecule has 1 aromatic heterocycles. The van der Waals surface area contributed by atoms with Gasteiger partial charge in [-0.05, 0) is 37.8 Å². The number of ether oxygens (including phenoxy) is 1. The first-order valence-corrected chi connectivity index (χ1v) is 8.51. The van der Waals surface area contributed by atoms with Gasteiger partial charge in [0.15, 0.2) is 0 Å². The van der Waals surface area contributed by atoms with Crippen molar-refractivity contribution in [2.45, 2.75) is 32.4 Å². The third-order valence-electron chi connectivity index (χ3n) is 3.69. The van der Waals surface area contributed by atoms with Crippen molar-refractivity contribution in [1.82, 2.24) is 9.29 Å². The number of fused-ring (bicyclic) bond motifs is 1. The highest BCUT2D eigenvalue weighted by atomic mass is 32.2. The van der Waals surface area contributed by atoms with Gasteiger partial charge in [-0.3, -0.25) is 0 Å². The van der Waals surface area contributed by atoms with Crippen molar-refractivity contribution in [2.24, 2.45) is 0 Å². The minimum atomic E-state index is -0.499. The zero-order valence-electron chi connectivity index (χ0n) is 12.9. The van der Waals surface area contributed by atoms with Crippen molar-refractivity contribution >= 4 is 22.9 Å². The molecule has 0 spiro atoms. The van der Waals surface area contributed by atoms with E-state index in [4.69, 9.17) is 4.74 Å². The maximum Gasteiger partial charge on any atom is 0.128 e. The van der Waals surface area contributed by atoms with Gasteiger partial charge in [-0.1, -0.05) is 24.9 Å². The molecule has 0 aliphatic carbocycles. The van der Waals surface area contributed by atoms with Gasteiger partial charge in [-0.15, -0.1) is 0 Å². The Morgan fingerprint density at radius 2 is 2.19 bits per heavy atom. The maximum atomic E-state index is 10.2. The minimum absolute atomic E-state index is 0.303. The second-order valence-electron chi connectivity index (χ2n) is 5.20. The molecule has 5 heteroatoms. The largest absolute Gasteiger partial charge is 0.490 e. The first-order valence-electron chi connectivity index (χ1n) is 7.33. The van der Waals surface area contributed by atoms with Crippen molar-refractivity contribution in [3.63, 3.8) is 0 Å². The Hall–Kier alpha value is -1.17. The Morgan fingerprint density at radius 1 is 1.38 bits per heavy atom. The van der Waals surface area contributed by atoms with Crippen LogP contribution in [-0.2, 0) is 0 Å². The molecule has 0 radical (unpaired) electrons. The summed E-state index contributed by atoms with van der Waals surface area (Å²) < 4.78 is 7.99. The average molecular weight is 308 g/mol. The molecule has 116 valence electrons. The third kappa shape index (κ3) is 4.15. The van der Waals surface area contributed by atoms with Crippen LogP contribution in [0.15, 0.2) is 30.5 Å². The number of aliphatic hydroxyl groups is 1. The molecule has 0 bridgehead atoms. The summed E-state index contributed by atoms with van der Waals surface area (Å²) in [5.41, 5.74) is 1.05. The molecule has 0 amide bonds. The van der Waals surface area contributed by atoms with Gasteiger partial charge in [-0.2, -0.15) is 0 Å². The van der Waals surface area contributed by atoms with Gasteiger partial charge >= 0.3 is 0 Å². The Balaban J connectivity index is 1.91. The van der Waals surface area contributed by atoms with Crippen LogP contribution in [-0.4, -0.2) is 45.9 Å². The van der Waals surface area contributed by atoms with E-state index in [1.807, 2.05) is 36.7 Å². The molecule has 1 aromatic carbocycles. The zero-order chi connectivity index (χ0) is 15.2. The predicted molar refractivity (Wildman–Crippen MR) is 89.8 cm³/mol. The summed E-state index contributed by atoms with van der Waals surface area (Å²) >= 11 is 1.67. The van der Waals surface area contributed by atoms with Crippen LogP contribution >= 0.6 is 11.9 Å². The van der Waals surface area contributed by atoms with Crippen molar-refractivity contribution < 1.29 is 9.84 Å². The molecule has 0 saturated carbocycles. The molecule has 2 aromatic rings. The second kappa shape index (κ2) is 7.73. The smallest absolute Gasteiger partial charge is 0.128 e. The van der Waals surface area contributed by atoms with Gasteiger partial charge in [-0.25, -0.2) is 4.31 Å². The van der Waals surface area contributed by atoms with Crippen molar-refractivity contribution in [3.05, 3.63) is 30.5 Å². The number of hydrogen-bond donors (Lipinski definition) is 2. The molecule has 0 aliphatic heterocycles. The number of benzene rings is 1. The van der Waals surface area contributed by atoms with Gasteiger partial charge in [0.2, 0.25) is 0 Å². The highest BCUT2D eigenvalue weighted by molar-refractivity contribution is 7.96. The molecule has 4 nitrogen and oxygen atoms in total. The van der Waals surface area contributed by atoms with Crippen LogP contribution in [0.3, 0.4) is 0 Å². The van der Waals surface area contributed by atoms with Gasteiger partial charge in [0.1, 0.15) is 18.5 Å². The number of nitrogens with one attached hydrogen (secondary N) is 1. The second-order valence-corrected chi connectivity index (χ2v) is 6.03. The lowest BCUT2D eigenvalue weighted by atomic mass is 10.2. The Kier molecular flexibility index (Phi) is 5.96. The highest BCUT2D eigenvalue weighted by Gasteiger charge is 2.16. The number of aromatic nitrogens is 1. The fraction of sp³-hybridized carbons (Fsp3) is 0.500. The standard InChI is InChI=1S/C16H24N2O2S/c1-4-12(2)18(21-3)10-13(19)11-20-16-7-5-6-15-14(16)8-9-17-15/h5-9,12-13,17,19H,4,10-11H2,1-3H3. The first kappa shape index (κ1) is 16.2. The predicted octanol–water partition coefficient (Wildman–Crippen LogP) is 3.29. The van der Waals surface area contributed by atoms with E-state index in [2.05, 4.69) is 23.1 Å². The molecular weight excluding hydrogens is 284 g/mol. The highest BCUT2D eigenvalue weighted by Crippen LogP contribution is 2.24. The van der Waals surface area contributed by atoms with E-state index in [1.54, 1.807) is 11.9 Å². The minimum Gasteiger partial charge on any atom is -0.490 e. The lowest BCUT2D eigenvalue weighted by molar-refractivity contribution is 0.0859. The van der Waals surface area contributed by atoms with Crippen LogP contribution in [0.4, 0.5) is 0 Å². The molecule has 2 rings (SSSR count). The van der Waals surface area contributed by atoms with E-state index in [0.29, 0.717) is 19.2 Å². The van der Waals surface area contributed by atoms with Crippen LogP contribution in [0.1, 0.15) is 20.3 Å². The van der Waals surface area contributed by atoms with Crippen LogP contribution in [0.2, 0.25) is 0 Å². The quantitative estimate of drug-likeness (QED) is 0.735. The molecule has 2 atom stereocenters. The van der Waals surface area contributed by atoms with Crippen LogP contribution in [0.25, 0.3) is 10.9 Å². The van der Waals surface area contributed by atoms with E-state index in [9.17, 15) is 5.11 Å². The summed E-state index contributed by atoms with van der Waals surface area (Å²) in [5, 5.41) is 11.2. The molecule has 0 aliphatic rings. The summed E-state index contributed by atoms with van der Waals surface area (Å²) in [4.78, 5) is 3.16. The van der Waals surface area contributed by atoms with E-state index in [0.717, 1.165) is 23.1 Å². The molecule has 2 unspecified atom stereocenters. The fourth-order valence-electron chi connectivity index (χ4n) is 2.27. The number of hydrogen-bond acceptors (Lipinski definition) is 4. The van der Waals surface area contributed by atoms with E-state index < -0.39 is 6.10 Å². The lowest BCUT2D eigenvalue weighted by Gasteiger charge is -2.27. The summed E-state index contributed by atoms with van der Waals surface area (Å²) in [5.74, 6) is 0.812. The summed E-state index contributed by atoms with van der Waals surface area (Å²) in [6.45, 7) is 5.24. The van der Waals surface area contributed by atoms with Gasteiger partial charge in [0, 0.05) is 29.7 Å². The van der Waals surface area contributed by atoms with E-state index >= 15 is 0 Å². The molecule has 2 N–H and O–H groups in total. The monoisotopic (exact) mass is 308 g/mol. The topological polar surface area (TPSA) is 48.5 Å². The third-order valence-corrected chi connectivity index (χ3v) is 4.67. The molecule has 0 saturated heterocycles. The van der Waals surface area contributed by atoms with Gasteiger partial charge in [0.05, 0.1) is 0 Å². The molecule has 21 heavy (non-hydrogen) atoms. The summed E-state index contributed by atoms with van der Waals surface area (Å²) in [7, 11) is 0. The molecule has 1 heterocycles.